The second kappa shape index (κ2) is 3.39. The summed E-state index contributed by atoms with van der Waals surface area (Å²) in [6, 6.07) is 0. The second-order valence-corrected chi connectivity index (χ2v) is 3.87. The van der Waals surface area contributed by atoms with Gasteiger partial charge in [0.05, 0.1) is 0 Å². The first-order chi connectivity index (χ1) is 2.77. The molecule has 0 spiro atoms. The number of carbonyl (C=O) groups is 1. The maximum atomic E-state index is 9.65. The molecule has 0 aliphatic heterocycles. The molecule has 0 aliphatic carbocycles. The summed E-state index contributed by atoms with van der Waals surface area (Å²) < 4.78 is 0.241. The zero-order valence-electron chi connectivity index (χ0n) is 3.44. The molecule has 0 heterocycles. The van der Waals surface area contributed by atoms with Gasteiger partial charge in [-0.1, -0.05) is 0 Å². The van der Waals surface area contributed by atoms with Crippen LogP contribution in [0.3, 0.4) is 0 Å². The summed E-state index contributed by atoms with van der Waals surface area (Å²) in [6.45, 7) is 1.89. The van der Waals surface area contributed by atoms with Gasteiger partial charge in [0.15, 0.2) is 0 Å². The van der Waals surface area contributed by atoms with E-state index in [4.69, 9.17) is 5.11 Å². The molecule has 0 fully saturated rings. The van der Waals surface area contributed by atoms with Crippen LogP contribution in [-0.4, -0.2) is 13.5 Å². The molecule has 0 amide bonds. The van der Waals surface area contributed by atoms with Crippen molar-refractivity contribution in [2.24, 2.45) is 0 Å². The first-order valence-corrected chi connectivity index (χ1v) is 4.20. The van der Waals surface area contributed by atoms with E-state index in [1.165, 1.54) is 0 Å². The van der Waals surface area contributed by atoms with Crippen molar-refractivity contribution >= 4 is 3.98 Å². The van der Waals surface area contributed by atoms with E-state index in [1.807, 2.05) is 6.92 Å². The predicted molar refractivity (Wildman–Crippen MR) is 18.6 cm³/mol. The second-order valence-electron chi connectivity index (χ2n) is 0.654. The van der Waals surface area contributed by atoms with Crippen molar-refractivity contribution in [3.8, 4) is 0 Å². The van der Waals surface area contributed by atoms with Crippen molar-refractivity contribution < 1.29 is 31.1 Å². The maximum absolute atomic E-state index is 9.65. The first kappa shape index (κ1) is 6.20. The van der Waals surface area contributed by atoms with Crippen molar-refractivity contribution in [3.63, 3.8) is 0 Å². The van der Waals surface area contributed by atoms with Gasteiger partial charge in [-0.2, -0.15) is 0 Å². The Bertz CT molecular complexity index is 52.8. The molecule has 0 unspecified atom stereocenters. The van der Waals surface area contributed by atoms with E-state index in [9.17, 15) is 4.79 Å². The van der Waals surface area contributed by atoms with E-state index in [2.05, 4.69) is 0 Å². The molecule has 0 radical (unpaired) electrons. The van der Waals surface area contributed by atoms with Crippen molar-refractivity contribution in [1.82, 2.24) is 0 Å². The third-order valence-corrected chi connectivity index (χ3v) is 1.66. The SMILES string of the molecule is CC[I-]C(=O)O. The molecular weight excluding hydrogens is 195 g/mol. The van der Waals surface area contributed by atoms with Crippen LogP contribution < -0.4 is 21.2 Å². The number of hydrogen-bond acceptors (Lipinski definition) is 1. The van der Waals surface area contributed by atoms with Gasteiger partial charge in [-0.25, -0.2) is 0 Å². The van der Waals surface area contributed by atoms with Gasteiger partial charge < -0.3 is 0 Å². The molecule has 3 heteroatoms. The number of alkyl halides is 1. The molecule has 0 aromatic heterocycles. The monoisotopic (exact) mass is 201 g/mol. The molecule has 0 aliphatic rings. The summed E-state index contributed by atoms with van der Waals surface area (Å²) in [6.07, 6.45) is 0. The molecule has 0 saturated heterocycles. The van der Waals surface area contributed by atoms with E-state index in [0.29, 0.717) is 0 Å². The summed E-state index contributed by atoms with van der Waals surface area (Å²) >= 11 is -0.515. The average molecular weight is 201 g/mol. The number of halogens is 1. The first-order valence-electron chi connectivity index (χ1n) is 1.59. The molecule has 6 heavy (non-hydrogen) atoms. The fraction of sp³-hybridized carbons (Fsp3) is 0.667. The van der Waals surface area contributed by atoms with E-state index in [0.717, 1.165) is 4.43 Å². The Morgan fingerprint density at radius 1 is 2.00 bits per heavy atom. The number of rotatable bonds is 2. The molecule has 0 aromatic carbocycles. The zero-order valence-corrected chi connectivity index (χ0v) is 5.60. The van der Waals surface area contributed by atoms with Crippen LogP contribution >= 0.6 is 0 Å². The summed E-state index contributed by atoms with van der Waals surface area (Å²) in [4.78, 5) is 9.65. The van der Waals surface area contributed by atoms with Gasteiger partial charge in [-0.15, -0.1) is 0 Å². The van der Waals surface area contributed by atoms with Crippen LogP contribution in [0, 0.1) is 0 Å². The minimum atomic E-state index is -0.601. The molecule has 1 N–H and O–H groups in total. The Hall–Kier alpha value is 0.200. The predicted octanol–water partition coefficient (Wildman–Crippen LogP) is -2.23. The fourth-order valence-electron chi connectivity index (χ4n) is 0.114. The molecular formula is C3H6IO2-. The number of hydrogen-bond donors (Lipinski definition) is 1. The summed E-state index contributed by atoms with van der Waals surface area (Å²) in [5.41, 5.74) is 0. The standard InChI is InChI=1S/C3H6IO2/c1-2-4-3(5)6/h2H2,1H3,(H,5,6)/q-1. The van der Waals surface area contributed by atoms with Crippen LogP contribution in [0.2, 0.25) is 0 Å². The van der Waals surface area contributed by atoms with Crippen LogP contribution in [-0.2, 0) is 0 Å². The van der Waals surface area contributed by atoms with Gasteiger partial charge in [0.25, 0.3) is 0 Å². The summed E-state index contributed by atoms with van der Waals surface area (Å²) in [5.74, 6) is 0. The molecule has 2 nitrogen and oxygen atoms in total. The average Bonchev–Trinajstić information content (AvgIpc) is 1.35. The topological polar surface area (TPSA) is 37.3 Å². The van der Waals surface area contributed by atoms with Crippen molar-refractivity contribution in [3.05, 3.63) is 0 Å². The third-order valence-electron chi connectivity index (χ3n) is 0.248. The van der Waals surface area contributed by atoms with Crippen LogP contribution in [0.15, 0.2) is 0 Å². The quantitative estimate of drug-likeness (QED) is 0.312. The Labute approximate surface area is 46.8 Å². The van der Waals surface area contributed by atoms with E-state index >= 15 is 0 Å². The molecule has 0 rings (SSSR count). The molecule has 0 bridgehead atoms. The summed E-state index contributed by atoms with van der Waals surface area (Å²) in [5, 5.41) is 7.96. The molecule has 0 aromatic rings. The fourth-order valence-corrected chi connectivity index (χ4v) is 0.767. The minimum absolute atomic E-state index is 0.515. The van der Waals surface area contributed by atoms with Crippen LogP contribution in [0.5, 0.6) is 0 Å². The van der Waals surface area contributed by atoms with Gasteiger partial charge in [-0.05, 0) is 0 Å². The van der Waals surface area contributed by atoms with Gasteiger partial charge in [0, 0.05) is 0 Å². The van der Waals surface area contributed by atoms with Crippen molar-refractivity contribution in [2.45, 2.75) is 6.92 Å². The summed E-state index contributed by atoms with van der Waals surface area (Å²) in [7, 11) is 0. The molecule has 0 saturated carbocycles. The Morgan fingerprint density at radius 2 is 2.50 bits per heavy atom. The van der Waals surface area contributed by atoms with Crippen LogP contribution in [0.1, 0.15) is 6.92 Å². The third kappa shape index (κ3) is 4.20. The van der Waals surface area contributed by atoms with Crippen molar-refractivity contribution in [1.29, 1.82) is 0 Å². The van der Waals surface area contributed by atoms with Gasteiger partial charge >= 0.3 is 46.4 Å². The van der Waals surface area contributed by atoms with Crippen LogP contribution in [0.4, 0.5) is 4.79 Å². The molecule has 0 atom stereocenters. The van der Waals surface area contributed by atoms with Crippen molar-refractivity contribution in [2.75, 3.05) is 4.43 Å². The van der Waals surface area contributed by atoms with Gasteiger partial charge in [0.1, 0.15) is 0 Å². The van der Waals surface area contributed by atoms with E-state index < -0.39 is 25.2 Å². The molecule has 38 valence electrons. The zero-order chi connectivity index (χ0) is 4.99. The van der Waals surface area contributed by atoms with Crippen LogP contribution in [0.25, 0.3) is 0 Å². The Morgan fingerprint density at radius 3 is 2.50 bits per heavy atom. The normalized spacial score (nSPS) is 8.83. The number of carboxylic acid groups (broad SMARTS) is 1. The van der Waals surface area contributed by atoms with E-state index in [-0.39, 0.29) is 0 Å². The van der Waals surface area contributed by atoms with E-state index in [1.54, 1.807) is 0 Å². The Kier molecular flexibility index (Phi) is 3.51. The van der Waals surface area contributed by atoms with Gasteiger partial charge in [-0.3, -0.25) is 0 Å². The van der Waals surface area contributed by atoms with Gasteiger partial charge in [0.2, 0.25) is 0 Å². The Balaban J connectivity index is 2.83.